The van der Waals surface area contributed by atoms with E-state index < -0.39 is 6.04 Å². The number of aromatic nitrogens is 3. The first-order valence-corrected chi connectivity index (χ1v) is 6.79. The average Bonchev–Trinajstić information content (AvgIpc) is 2.74. The second-order valence-corrected chi connectivity index (χ2v) is 4.70. The molecule has 0 saturated carbocycles. The van der Waals surface area contributed by atoms with E-state index in [1.54, 1.807) is 6.20 Å². The fourth-order valence-corrected chi connectivity index (χ4v) is 2.34. The molecule has 1 aromatic heterocycles. The van der Waals surface area contributed by atoms with E-state index in [0.29, 0.717) is 12.2 Å². The highest BCUT2D eigenvalue weighted by atomic mass is 16.5. The zero-order valence-corrected chi connectivity index (χ0v) is 11.7. The number of ether oxygens (including phenoxy) is 1. The highest BCUT2D eigenvalue weighted by Gasteiger charge is 2.31. The Balaban J connectivity index is 2.18. The van der Waals surface area contributed by atoms with E-state index in [2.05, 4.69) is 20.5 Å². The van der Waals surface area contributed by atoms with E-state index in [9.17, 15) is 4.79 Å². The summed E-state index contributed by atoms with van der Waals surface area (Å²) in [6.07, 6.45) is 2.66. The van der Waals surface area contributed by atoms with Gasteiger partial charge >= 0.3 is 5.97 Å². The van der Waals surface area contributed by atoms with Gasteiger partial charge in [0, 0.05) is 19.6 Å². The molecule has 0 radical (unpaired) electrons. The Bertz CT molecular complexity index is 428. The van der Waals surface area contributed by atoms with Crippen LogP contribution in [0.1, 0.15) is 18.2 Å². The first-order chi connectivity index (χ1) is 9.76. The van der Waals surface area contributed by atoms with Crippen molar-refractivity contribution in [3.8, 4) is 0 Å². The van der Waals surface area contributed by atoms with Crippen molar-refractivity contribution < 1.29 is 14.6 Å². The van der Waals surface area contributed by atoms with Crippen molar-refractivity contribution in [2.24, 2.45) is 0 Å². The molecule has 0 spiro atoms. The summed E-state index contributed by atoms with van der Waals surface area (Å²) in [5, 5.41) is 20.2. The highest BCUT2D eigenvalue weighted by molar-refractivity contribution is 5.76. The summed E-state index contributed by atoms with van der Waals surface area (Å²) in [6.45, 7) is 3.69. The number of nitrogens with one attached hydrogen (secondary N) is 1. The summed E-state index contributed by atoms with van der Waals surface area (Å²) >= 11 is 0. The molecular weight excluding hydrogens is 262 g/mol. The van der Waals surface area contributed by atoms with Gasteiger partial charge in [0.15, 0.2) is 6.04 Å². The number of hydrogen-bond donors (Lipinski definition) is 2. The first kappa shape index (κ1) is 14.9. The second kappa shape index (κ2) is 7.32. The zero-order valence-electron chi connectivity index (χ0n) is 11.7. The van der Waals surface area contributed by atoms with E-state index in [4.69, 9.17) is 9.84 Å². The van der Waals surface area contributed by atoms with Crippen LogP contribution in [0.15, 0.2) is 6.20 Å². The molecule has 1 saturated heterocycles. The van der Waals surface area contributed by atoms with Crippen LogP contribution in [-0.2, 0) is 16.1 Å². The van der Waals surface area contributed by atoms with Gasteiger partial charge in [-0.2, -0.15) is 0 Å². The number of carbonyl (C=O) groups is 1. The van der Waals surface area contributed by atoms with Gasteiger partial charge in [0.25, 0.3) is 0 Å². The molecule has 0 bridgehead atoms. The Morgan fingerprint density at radius 2 is 2.40 bits per heavy atom. The lowest BCUT2D eigenvalue weighted by atomic mass is 10.1. The summed E-state index contributed by atoms with van der Waals surface area (Å²) in [4.78, 5) is 14.1. The molecule has 1 aromatic rings. The van der Waals surface area contributed by atoms with Gasteiger partial charge in [-0.3, -0.25) is 4.90 Å². The summed E-state index contributed by atoms with van der Waals surface area (Å²) in [7, 11) is 1.38. The summed E-state index contributed by atoms with van der Waals surface area (Å²) < 4.78 is 6.43. The minimum atomic E-state index is -0.535. The minimum Gasteiger partial charge on any atom is -0.468 e. The van der Waals surface area contributed by atoms with Crippen molar-refractivity contribution in [1.29, 1.82) is 0 Å². The molecule has 2 N–H and O–H groups in total. The third kappa shape index (κ3) is 3.53. The molecule has 1 atom stereocenters. The van der Waals surface area contributed by atoms with Gasteiger partial charge in [-0.15, -0.1) is 5.10 Å². The van der Waals surface area contributed by atoms with E-state index in [1.807, 2.05) is 0 Å². The Kier molecular flexibility index (Phi) is 5.45. The van der Waals surface area contributed by atoms with Crippen LogP contribution in [0.5, 0.6) is 0 Å². The molecule has 0 aromatic carbocycles. The van der Waals surface area contributed by atoms with Gasteiger partial charge in [-0.05, 0) is 13.0 Å². The molecule has 1 fully saturated rings. The van der Waals surface area contributed by atoms with Crippen molar-refractivity contribution in [1.82, 2.24) is 25.2 Å². The maximum Gasteiger partial charge on any atom is 0.329 e. The Morgan fingerprint density at radius 1 is 1.55 bits per heavy atom. The quantitative estimate of drug-likeness (QED) is 0.654. The van der Waals surface area contributed by atoms with Crippen LogP contribution in [-0.4, -0.2) is 70.9 Å². The molecule has 20 heavy (non-hydrogen) atoms. The number of carbonyl (C=O) groups excluding carboxylic acids is 1. The fourth-order valence-electron chi connectivity index (χ4n) is 2.34. The lowest BCUT2D eigenvalue weighted by Crippen LogP contribution is -2.37. The third-order valence-electron chi connectivity index (χ3n) is 3.33. The number of esters is 1. The van der Waals surface area contributed by atoms with E-state index in [0.717, 1.165) is 32.6 Å². The maximum absolute atomic E-state index is 12.1. The van der Waals surface area contributed by atoms with E-state index in [-0.39, 0.29) is 12.6 Å². The van der Waals surface area contributed by atoms with Crippen LogP contribution in [0.3, 0.4) is 0 Å². The Labute approximate surface area is 117 Å². The molecule has 1 aliphatic heterocycles. The number of methoxy groups -OCH3 is 1. The molecule has 0 amide bonds. The topological polar surface area (TPSA) is 92.5 Å². The lowest BCUT2D eigenvalue weighted by molar-refractivity contribution is -0.147. The second-order valence-electron chi connectivity index (χ2n) is 4.70. The number of rotatable bonds is 5. The van der Waals surface area contributed by atoms with Gasteiger partial charge in [-0.25, -0.2) is 9.48 Å². The molecular formula is C12H21N5O3. The number of aliphatic hydroxyl groups excluding tert-OH is 1. The molecule has 1 unspecified atom stereocenters. The molecule has 8 nitrogen and oxygen atoms in total. The predicted octanol–water partition coefficient (Wildman–Crippen LogP) is -1.22. The summed E-state index contributed by atoms with van der Waals surface area (Å²) in [5.41, 5.74) is 0.562. The van der Waals surface area contributed by atoms with Crippen molar-refractivity contribution >= 4 is 5.97 Å². The molecule has 2 rings (SSSR count). The highest BCUT2D eigenvalue weighted by Crippen LogP contribution is 2.20. The van der Waals surface area contributed by atoms with Crippen LogP contribution in [0, 0.1) is 0 Å². The Hall–Kier alpha value is -1.51. The predicted molar refractivity (Wildman–Crippen MR) is 70.9 cm³/mol. The first-order valence-electron chi connectivity index (χ1n) is 6.79. The van der Waals surface area contributed by atoms with Crippen molar-refractivity contribution in [2.45, 2.75) is 19.0 Å². The SMILES string of the molecule is COC(=O)C(c1cn(CCO)nn1)N1CCCNCC1. The number of aliphatic hydroxyl groups is 1. The minimum absolute atomic E-state index is 0.0146. The van der Waals surface area contributed by atoms with Crippen molar-refractivity contribution in [2.75, 3.05) is 39.9 Å². The smallest absolute Gasteiger partial charge is 0.329 e. The molecule has 112 valence electrons. The van der Waals surface area contributed by atoms with Gasteiger partial charge in [0.2, 0.25) is 0 Å². The van der Waals surface area contributed by atoms with Gasteiger partial charge in [-0.1, -0.05) is 5.21 Å². The number of hydrogen-bond acceptors (Lipinski definition) is 7. The largest absolute Gasteiger partial charge is 0.468 e. The monoisotopic (exact) mass is 283 g/mol. The normalized spacial score (nSPS) is 18.5. The molecule has 2 heterocycles. The van der Waals surface area contributed by atoms with Gasteiger partial charge in [0.1, 0.15) is 5.69 Å². The maximum atomic E-state index is 12.1. The van der Waals surface area contributed by atoms with Crippen LogP contribution < -0.4 is 5.32 Å². The molecule has 1 aliphatic rings. The lowest BCUT2D eigenvalue weighted by Gasteiger charge is -2.26. The molecule has 8 heteroatoms. The average molecular weight is 283 g/mol. The molecule has 0 aliphatic carbocycles. The van der Waals surface area contributed by atoms with Crippen LogP contribution in [0.2, 0.25) is 0 Å². The van der Waals surface area contributed by atoms with Gasteiger partial charge < -0.3 is 15.2 Å². The fraction of sp³-hybridized carbons (Fsp3) is 0.750. The van der Waals surface area contributed by atoms with Crippen LogP contribution in [0.4, 0.5) is 0 Å². The summed E-state index contributed by atoms with van der Waals surface area (Å²) in [6, 6.07) is -0.535. The van der Waals surface area contributed by atoms with Crippen LogP contribution in [0.25, 0.3) is 0 Å². The standard InChI is InChI=1S/C12H21N5O3/c1-20-12(19)11(16-5-2-3-13-4-6-16)10-9-17(7-8-18)15-14-10/h9,11,13,18H,2-8H2,1H3. The number of nitrogens with zero attached hydrogens (tertiary/aromatic N) is 4. The van der Waals surface area contributed by atoms with Crippen LogP contribution >= 0.6 is 0 Å². The van der Waals surface area contributed by atoms with Crippen molar-refractivity contribution in [3.63, 3.8) is 0 Å². The zero-order chi connectivity index (χ0) is 14.4. The third-order valence-corrected chi connectivity index (χ3v) is 3.33. The van der Waals surface area contributed by atoms with Gasteiger partial charge in [0.05, 0.1) is 26.5 Å². The Morgan fingerprint density at radius 3 is 3.15 bits per heavy atom. The van der Waals surface area contributed by atoms with E-state index >= 15 is 0 Å². The van der Waals surface area contributed by atoms with Crippen molar-refractivity contribution in [3.05, 3.63) is 11.9 Å². The van der Waals surface area contributed by atoms with E-state index in [1.165, 1.54) is 11.8 Å². The summed E-state index contributed by atoms with van der Waals surface area (Å²) in [5.74, 6) is -0.331.